The third kappa shape index (κ3) is 2.46. The van der Waals surface area contributed by atoms with E-state index in [0.29, 0.717) is 0 Å². The number of hydrogen-bond donors (Lipinski definition) is 0. The van der Waals surface area contributed by atoms with Gasteiger partial charge in [-0.25, -0.2) is 0 Å². The Labute approximate surface area is 99.1 Å². The topological polar surface area (TPSA) is 29.5 Å². The summed E-state index contributed by atoms with van der Waals surface area (Å²) >= 11 is 0. The first-order chi connectivity index (χ1) is 7.24. The molecule has 1 aliphatic heterocycles. The molecule has 0 bridgehead atoms. The van der Waals surface area contributed by atoms with Crippen LogP contribution in [0, 0.1) is 5.92 Å². The van der Waals surface area contributed by atoms with Crippen LogP contribution in [0.1, 0.15) is 41.5 Å². The first-order valence-electron chi connectivity index (χ1n) is 6.21. The van der Waals surface area contributed by atoms with Crippen molar-refractivity contribution in [3.05, 3.63) is 0 Å². The fourth-order valence-electron chi connectivity index (χ4n) is 2.56. The Morgan fingerprint density at radius 1 is 1.19 bits per heavy atom. The summed E-state index contributed by atoms with van der Waals surface area (Å²) < 4.78 is 5.87. The standard InChI is InChI=1S/C13H25NO2/c1-7-14(8-2)9-10-11(15)13(5,6)16-12(10,3)4/h10H,7-9H2,1-6H3. The minimum Gasteiger partial charge on any atom is -0.361 e. The van der Waals surface area contributed by atoms with Crippen molar-refractivity contribution < 1.29 is 9.53 Å². The predicted molar refractivity (Wildman–Crippen MR) is 65.5 cm³/mol. The molecular formula is C13H25NO2. The quantitative estimate of drug-likeness (QED) is 0.736. The summed E-state index contributed by atoms with van der Waals surface area (Å²) in [6.07, 6.45) is 0. The maximum absolute atomic E-state index is 12.3. The fourth-order valence-corrected chi connectivity index (χ4v) is 2.56. The van der Waals surface area contributed by atoms with Crippen LogP contribution in [0.4, 0.5) is 0 Å². The van der Waals surface area contributed by atoms with Gasteiger partial charge in [-0.15, -0.1) is 0 Å². The van der Waals surface area contributed by atoms with Crippen LogP contribution < -0.4 is 0 Å². The van der Waals surface area contributed by atoms with E-state index in [9.17, 15) is 4.79 Å². The number of carbonyl (C=O) groups excluding carboxylic acids is 1. The normalized spacial score (nSPS) is 27.7. The SMILES string of the molecule is CCN(CC)CC1C(=O)C(C)(C)OC1(C)C. The van der Waals surface area contributed by atoms with Crippen LogP contribution >= 0.6 is 0 Å². The second-order valence-electron chi connectivity index (χ2n) is 5.62. The number of carbonyl (C=O) groups is 1. The molecule has 1 atom stereocenters. The molecule has 0 aromatic heterocycles. The van der Waals surface area contributed by atoms with Crippen LogP contribution in [0.5, 0.6) is 0 Å². The molecular weight excluding hydrogens is 202 g/mol. The molecule has 0 aromatic carbocycles. The molecule has 16 heavy (non-hydrogen) atoms. The first kappa shape index (κ1) is 13.7. The zero-order valence-corrected chi connectivity index (χ0v) is 11.5. The number of ketones is 1. The smallest absolute Gasteiger partial charge is 0.171 e. The third-order valence-electron chi connectivity index (χ3n) is 3.60. The van der Waals surface area contributed by atoms with E-state index in [1.54, 1.807) is 0 Å². The molecule has 3 heteroatoms. The summed E-state index contributed by atoms with van der Waals surface area (Å²) in [5.41, 5.74) is -0.968. The molecule has 0 spiro atoms. The van der Waals surface area contributed by atoms with Gasteiger partial charge in [0.1, 0.15) is 5.60 Å². The average molecular weight is 227 g/mol. The monoisotopic (exact) mass is 227 g/mol. The number of hydrogen-bond acceptors (Lipinski definition) is 3. The van der Waals surface area contributed by atoms with Crippen LogP contribution in [0.3, 0.4) is 0 Å². The largest absolute Gasteiger partial charge is 0.361 e. The Kier molecular flexibility index (Phi) is 3.80. The minimum absolute atomic E-state index is 0.0117. The van der Waals surface area contributed by atoms with Crippen molar-refractivity contribution in [3.63, 3.8) is 0 Å². The van der Waals surface area contributed by atoms with E-state index in [4.69, 9.17) is 4.74 Å². The molecule has 1 rings (SSSR count). The predicted octanol–water partition coefficient (Wildman–Crippen LogP) is 2.10. The van der Waals surface area contributed by atoms with Gasteiger partial charge in [0.15, 0.2) is 5.78 Å². The molecule has 0 radical (unpaired) electrons. The number of nitrogens with zero attached hydrogens (tertiary/aromatic N) is 1. The van der Waals surface area contributed by atoms with Crippen LogP contribution in [-0.4, -0.2) is 41.5 Å². The average Bonchev–Trinajstić information content (AvgIpc) is 2.30. The molecule has 0 amide bonds. The van der Waals surface area contributed by atoms with E-state index in [1.165, 1.54) is 0 Å². The van der Waals surface area contributed by atoms with Gasteiger partial charge in [0.2, 0.25) is 0 Å². The highest BCUT2D eigenvalue weighted by molar-refractivity contribution is 5.91. The second kappa shape index (κ2) is 4.46. The molecule has 1 aliphatic rings. The van der Waals surface area contributed by atoms with Crippen LogP contribution in [0.2, 0.25) is 0 Å². The zero-order valence-electron chi connectivity index (χ0n) is 11.5. The van der Waals surface area contributed by atoms with Crippen molar-refractivity contribution in [3.8, 4) is 0 Å². The lowest BCUT2D eigenvalue weighted by atomic mass is 9.85. The maximum atomic E-state index is 12.3. The molecule has 1 saturated heterocycles. The van der Waals surface area contributed by atoms with E-state index in [-0.39, 0.29) is 17.3 Å². The van der Waals surface area contributed by atoms with Gasteiger partial charge in [-0.2, -0.15) is 0 Å². The van der Waals surface area contributed by atoms with Gasteiger partial charge in [0, 0.05) is 6.54 Å². The lowest BCUT2D eigenvalue weighted by molar-refractivity contribution is -0.132. The van der Waals surface area contributed by atoms with Gasteiger partial charge in [0.25, 0.3) is 0 Å². The Bertz CT molecular complexity index is 267. The van der Waals surface area contributed by atoms with E-state index < -0.39 is 5.60 Å². The van der Waals surface area contributed by atoms with Gasteiger partial charge >= 0.3 is 0 Å². The maximum Gasteiger partial charge on any atom is 0.171 e. The second-order valence-corrected chi connectivity index (χ2v) is 5.62. The summed E-state index contributed by atoms with van der Waals surface area (Å²) in [6.45, 7) is 14.8. The Morgan fingerprint density at radius 3 is 2.00 bits per heavy atom. The summed E-state index contributed by atoms with van der Waals surface area (Å²) in [6, 6.07) is 0. The Hall–Kier alpha value is -0.410. The molecule has 94 valence electrons. The van der Waals surface area contributed by atoms with Crippen molar-refractivity contribution in [2.45, 2.75) is 52.7 Å². The number of Topliss-reactive ketones (excluding diaryl/α,β-unsaturated/α-hetero) is 1. The van der Waals surface area contributed by atoms with Gasteiger partial charge in [-0.3, -0.25) is 4.79 Å². The number of ether oxygens (including phenoxy) is 1. The number of rotatable bonds is 4. The van der Waals surface area contributed by atoms with Gasteiger partial charge in [0.05, 0.1) is 11.5 Å². The molecule has 0 aliphatic carbocycles. The summed E-state index contributed by atoms with van der Waals surface area (Å²) in [5.74, 6) is 0.229. The third-order valence-corrected chi connectivity index (χ3v) is 3.60. The van der Waals surface area contributed by atoms with Gasteiger partial charge < -0.3 is 9.64 Å². The molecule has 1 unspecified atom stereocenters. The molecule has 3 nitrogen and oxygen atoms in total. The van der Waals surface area contributed by atoms with Crippen molar-refractivity contribution in [2.75, 3.05) is 19.6 Å². The lowest BCUT2D eigenvalue weighted by Gasteiger charge is -2.29. The summed E-state index contributed by atoms with van der Waals surface area (Å²) in [4.78, 5) is 14.5. The van der Waals surface area contributed by atoms with Crippen LogP contribution in [0.25, 0.3) is 0 Å². The fraction of sp³-hybridized carbons (Fsp3) is 0.923. The molecule has 1 fully saturated rings. The Balaban J connectivity index is 2.82. The minimum atomic E-state index is -0.624. The van der Waals surface area contributed by atoms with E-state index >= 15 is 0 Å². The summed E-state index contributed by atoms with van der Waals surface area (Å²) in [7, 11) is 0. The van der Waals surface area contributed by atoms with Gasteiger partial charge in [-0.05, 0) is 40.8 Å². The highest BCUT2D eigenvalue weighted by Crippen LogP contribution is 2.39. The molecule has 0 N–H and O–H groups in total. The van der Waals surface area contributed by atoms with E-state index in [2.05, 4.69) is 18.7 Å². The van der Waals surface area contributed by atoms with Crippen molar-refractivity contribution in [1.29, 1.82) is 0 Å². The summed E-state index contributed by atoms with van der Waals surface area (Å²) in [5, 5.41) is 0. The van der Waals surface area contributed by atoms with Gasteiger partial charge in [-0.1, -0.05) is 13.8 Å². The van der Waals surface area contributed by atoms with Crippen LogP contribution in [0.15, 0.2) is 0 Å². The highest BCUT2D eigenvalue weighted by atomic mass is 16.5. The molecule has 0 saturated carbocycles. The van der Waals surface area contributed by atoms with E-state index in [0.717, 1.165) is 19.6 Å². The Morgan fingerprint density at radius 2 is 1.69 bits per heavy atom. The van der Waals surface area contributed by atoms with Crippen molar-refractivity contribution >= 4 is 5.78 Å². The molecule has 0 aromatic rings. The van der Waals surface area contributed by atoms with Crippen LogP contribution in [-0.2, 0) is 9.53 Å². The van der Waals surface area contributed by atoms with Crippen molar-refractivity contribution in [1.82, 2.24) is 4.90 Å². The highest BCUT2D eigenvalue weighted by Gasteiger charge is 2.53. The lowest BCUT2D eigenvalue weighted by Crippen LogP contribution is -2.41. The first-order valence-corrected chi connectivity index (χ1v) is 6.21. The van der Waals surface area contributed by atoms with Crippen molar-refractivity contribution in [2.24, 2.45) is 5.92 Å². The zero-order chi connectivity index (χ0) is 12.6. The molecule has 1 heterocycles. The van der Waals surface area contributed by atoms with E-state index in [1.807, 2.05) is 27.7 Å².